The lowest BCUT2D eigenvalue weighted by Gasteiger charge is -2.34. The molecule has 1 saturated carbocycles. The summed E-state index contributed by atoms with van der Waals surface area (Å²) in [6.45, 7) is 13.9. The van der Waals surface area contributed by atoms with Crippen LogP contribution in [0.5, 0.6) is 5.75 Å². The molecule has 2 aliphatic heterocycles. The van der Waals surface area contributed by atoms with E-state index in [-0.39, 0.29) is 55.0 Å². The van der Waals surface area contributed by atoms with Crippen LogP contribution in [0.4, 0.5) is 15.0 Å². The third kappa shape index (κ3) is 11.1. The summed E-state index contributed by atoms with van der Waals surface area (Å²) in [6, 6.07) is -0.0440. The van der Waals surface area contributed by atoms with E-state index in [0.29, 0.717) is 13.0 Å². The number of amides is 5. The maximum Gasteiger partial charge on any atom is 0.408 e. The number of nitrogens with one attached hydrogen (secondary N) is 2. The van der Waals surface area contributed by atoms with E-state index in [9.17, 15) is 28.7 Å². The number of rotatable bonds is 5. The molecule has 3 aliphatic rings. The number of likely N-dealkylation sites (tertiary alicyclic amines) is 2. The predicted octanol–water partition coefficient (Wildman–Crippen LogP) is 3.41. The average Bonchev–Trinajstić information content (AvgIpc) is 3.53. The number of fused-ring (bicyclic) bond motifs is 1. The number of hydrogen-bond acceptors (Lipinski definition) is 8. The smallest absolute Gasteiger partial charge is 0.408 e. The summed E-state index contributed by atoms with van der Waals surface area (Å²) in [5, 5.41) is 14.9. The molecule has 0 bridgehead atoms. The Morgan fingerprint density at radius 2 is 1.76 bits per heavy atom. The largest absolute Gasteiger partial charge is 0.504 e. The molecule has 5 N–H and O–H groups in total. The van der Waals surface area contributed by atoms with Gasteiger partial charge in [-0.25, -0.2) is 14.2 Å². The lowest BCUT2D eigenvalue weighted by atomic mass is 9.78. The second-order valence-electron chi connectivity index (χ2n) is 13.7. The minimum Gasteiger partial charge on any atom is -0.504 e. The number of carbonyl (C=O) groups excluding carboxylic acids is 5. The normalized spacial score (nSPS) is 23.6. The number of ether oxygens (including phenoxy) is 1. The SMILES string of the molecule is CC(C)C.CC1CC(C(=O)Nc2ncc(F)cc2O)CN1C(=O)[C@@H]1C2CCCCC2CN1C(=O)CNC(=O)OC(C)(C)C.NC=O. The third-order valence-electron chi connectivity index (χ3n) is 7.80. The van der Waals surface area contributed by atoms with E-state index >= 15 is 0 Å². The molecule has 13 nitrogen and oxygen atoms in total. The van der Waals surface area contributed by atoms with Gasteiger partial charge in [0.25, 0.3) is 0 Å². The summed E-state index contributed by atoms with van der Waals surface area (Å²) in [7, 11) is 0. The highest BCUT2D eigenvalue weighted by Gasteiger charge is 2.51. The van der Waals surface area contributed by atoms with Crippen molar-refractivity contribution >= 4 is 36.0 Å². The Morgan fingerprint density at radius 3 is 2.35 bits per heavy atom. The molecule has 4 rings (SSSR count). The molecule has 5 atom stereocenters. The molecule has 4 unspecified atom stereocenters. The number of hydrogen-bond donors (Lipinski definition) is 4. The van der Waals surface area contributed by atoms with Crippen molar-refractivity contribution < 1.29 is 38.2 Å². The Hall–Kier alpha value is -3.97. The number of carbonyl (C=O) groups is 5. The van der Waals surface area contributed by atoms with Gasteiger partial charge in [-0.2, -0.15) is 0 Å². The number of nitrogens with zero attached hydrogens (tertiary/aromatic N) is 3. The van der Waals surface area contributed by atoms with Crippen LogP contribution in [0.3, 0.4) is 0 Å². The number of primary amides is 1. The first-order valence-corrected chi connectivity index (χ1v) is 15.9. The summed E-state index contributed by atoms with van der Waals surface area (Å²) < 4.78 is 18.5. The summed E-state index contributed by atoms with van der Waals surface area (Å²) >= 11 is 0. The van der Waals surface area contributed by atoms with Crippen molar-refractivity contribution in [2.45, 2.75) is 98.3 Å². The summed E-state index contributed by atoms with van der Waals surface area (Å²) in [4.78, 5) is 67.8. The van der Waals surface area contributed by atoms with Crippen LogP contribution in [0.1, 0.15) is 80.6 Å². The fourth-order valence-corrected chi connectivity index (χ4v) is 6.05. The van der Waals surface area contributed by atoms with Gasteiger partial charge < -0.3 is 36.0 Å². The van der Waals surface area contributed by atoms with Crippen LogP contribution in [0, 0.1) is 29.5 Å². The quantitative estimate of drug-likeness (QED) is 0.350. The first kappa shape index (κ1) is 38.2. The van der Waals surface area contributed by atoms with E-state index in [1.165, 1.54) is 0 Å². The topological polar surface area (TPSA) is 184 Å². The standard InChI is InChI=1S/C27H38FN5O6.C4H10.CH3NO/c1-15-9-17(24(36)31-23-20(34)10-18(28)11-29-23)14-32(15)25(37)22-19-8-6-5-7-16(19)13-33(22)21(35)12-30-26(38)39-27(2,3)4;1-4(2)3;2-1-3/h10-11,15-17,19,22,34H,5-9,12-14H2,1-4H3,(H,30,38)(H,29,31,36);4H,1-3H3;1H,(H2,2,3)/t15?,16?,17?,19?,22-;;/m0../s1. The zero-order valence-corrected chi connectivity index (χ0v) is 28.0. The molecule has 1 aromatic rings. The summed E-state index contributed by atoms with van der Waals surface area (Å²) in [6.07, 6.45) is 4.66. The molecule has 3 heterocycles. The van der Waals surface area contributed by atoms with Crippen molar-refractivity contribution in [2.24, 2.45) is 29.4 Å². The van der Waals surface area contributed by atoms with Gasteiger partial charge in [0.05, 0.1) is 12.1 Å². The van der Waals surface area contributed by atoms with E-state index in [4.69, 9.17) is 9.53 Å². The first-order chi connectivity index (χ1) is 21.5. The van der Waals surface area contributed by atoms with E-state index < -0.39 is 41.1 Å². The minimum absolute atomic E-state index is 0.0252. The second kappa shape index (κ2) is 17.1. The molecule has 258 valence electrons. The molecule has 1 aromatic heterocycles. The Morgan fingerprint density at radius 1 is 1.15 bits per heavy atom. The molecule has 0 radical (unpaired) electrons. The van der Waals surface area contributed by atoms with Crippen LogP contribution in [0.15, 0.2) is 12.3 Å². The number of halogens is 1. The lowest BCUT2D eigenvalue weighted by molar-refractivity contribution is -0.145. The number of pyridine rings is 1. The van der Waals surface area contributed by atoms with Crippen LogP contribution in [0.2, 0.25) is 0 Å². The van der Waals surface area contributed by atoms with Crippen molar-refractivity contribution in [2.75, 3.05) is 25.0 Å². The number of alkyl carbamates (subject to hydrolysis) is 1. The van der Waals surface area contributed by atoms with Crippen molar-refractivity contribution in [3.63, 3.8) is 0 Å². The molecule has 3 fully saturated rings. The molecule has 0 spiro atoms. The lowest BCUT2D eigenvalue weighted by Crippen LogP contribution is -2.53. The monoisotopic (exact) mass is 650 g/mol. The predicted molar refractivity (Wildman–Crippen MR) is 170 cm³/mol. The van der Waals surface area contributed by atoms with Crippen LogP contribution < -0.4 is 16.4 Å². The highest BCUT2D eigenvalue weighted by molar-refractivity contribution is 5.95. The zero-order chi connectivity index (χ0) is 34.8. The van der Waals surface area contributed by atoms with Crippen LogP contribution in [-0.4, -0.2) is 87.4 Å². The van der Waals surface area contributed by atoms with Gasteiger partial charge in [-0.15, -0.1) is 0 Å². The van der Waals surface area contributed by atoms with Gasteiger partial charge in [-0.05, 0) is 64.7 Å². The molecule has 5 amide bonds. The summed E-state index contributed by atoms with van der Waals surface area (Å²) in [5.74, 6) is -1.80. The Labute approximate surface area is 270 Å². The maximum absolute atomic E-state index is 14.0. The Bertz CT molecular complexity index is 1220. The van der Waals surface area contributed by atoms with E-state index in [1.54, 1.807) is 30.6 Å². The molecular weight excluding hydrogens is 599 g/mol. The van der Waals surface area contributed by atoms with E-state index in [1.807, 2.05) is 6.92 Å². The highest BCUT2D eigenvalue weighted by atomic mass is 19.1. The molecule has 1 aliphatic carbocycles. The minimum atomic E-state index is -0.727. The molecule has 2 saturated heterocycles. The number of aromatic hydroxyl groups is 1. The van der Waals surface area contributed by atoms with Gasteiger partial charge in [-0.1, -0.05) is 33.6 Å². The molecule has 0 aromatic carbocycles. The first-order valence-electron chi connectivity index (χ1n) is 15.9. The fraction of sp³-hybridized carbons (Fsp3) is 0.688. The van der Waals surface area contributed by atoms with Gasteiger partial charge in [-0.3, -0.25) is 19.2 Å². The Balaban J connectivity index is 0.000000958. The van der Waals surface area contributed by atoms with Gasteiger partial charge in [0, 0.05) is 25.2 Å². The van der Waals surface area contributed by atoms with Gasteiger partial charge in [0.2, 0.25) is 24.1 Å². The van der Waals surface area contributed by atoms with Crippen molar-refractivity contribution in [3.05, 3.63) is 18.1 Å². The fourth-order valence-electron chi connectivity index (χ4n) is 6.05. The third-order valence-corrected chi connectivity index (χ3v) is 7.80. The van der Waals surface area contributed by atoms with Crippen molar-refractivity contribution in [1.82, 2.24) is 20.1 Å². The highest BCUT2D eigenvalue weighted by Crippen LogP contribution is 2.42. The van der Waals surface area contributed by atoms with Crippen LogP contribution in [0.25, 0.3) is 0 Å². The van der Waals surface area contributed by atoms with Crippen molar-refractivity contribution in [3.8, 4) is 5.75 Å². The maximum atomic E-state index is 14.0. The number of aromatic nitrogens is 1. The second-order valence-corrected chi connectivity index (χ2v) is 13.7. The van der Waals surface area contributed by atoms with Gasteiger partial charge in [0.1, 0.15) is 24.0 Å². The molecule has 14 heteroatoms. The Kier molecular flexibility index (Phi) is 14.2. The number of nitrogens with two attached hydrogens (primary N) is 1. The van der Waals surface area contributed by atoms with Gasteiger partial charge in [0.15, 0.2) is 11.6 Å². The van der Waals surface area contributed by atoms with Crippen LogP contribution in [-0.2, 0) is 23.9 Å². The molecular formula is C32H51FN6O7. The number of anilines is 1. The molecule has 46 heavy (non-hydrogen) atoms. The van der Waals surface area contributed by atoms with Crippen molar-refractivity contribution in [1.29, 1.82) is 0 Å². The van der Waals surface area contributed by atoms with E-state index in [0.717, 1.165) is 43.9 Å². The average molecular weight is 651 g/mol. The van der Waals surface area contributed by atoms with Crippen LogP contribution >= 0.6 is 0 Å². The summed E-state index contributed by atoms with van der Waals surface area (Å²) in [5.41, 5.74) is 3.47. The van der Waals surface area contributed by atoms with E-state index in [2.05, 4.69) is 42.1 Å². The zero-order valence-electron chi connectivity index (χ0n) is 28.0. The van der Waals surface area contributed by atoms with Gasteiger partial charge >= 0.3 is 6.09 Å².